The summed E-state index contributed by atoms with van der Waals surface area (Å²) in [5.74, 6) is 0.517. The summed E-state index contributed by atoms with van der Waals surface area (Å²) in [4.78, 5) is 16.8. The highest BCUT2D eigenvalue weighted by Crippen LogP contribution is 2.32. The molecule has 0 spiro atoms. The van der Waals surface area contributed by atoms with Gasteiger partial charge < -0.3 is 9.84 Å². The first-order valence-electron chi connectivity index (χ1n) is 6.90. The second-order valence-corrected chi connectivity index (χ2v) is 5.05. The lowest BCUT2D eigenvalue weighted by Crippen LogP contribution is -2.20. The molecule has 3 rings (SSSR count). The third-order valence-electron chi connectivity index (χ3n) is 3.78. The Morgan fingerprint density at radius 3 is 3.20 bits per heavy atom. The van der Waals surface area contributed by atoms with Gasteiger partial charge in [-0.3, -0.25) is 9.78 Å². The zero-order valence-corrected chi connectivity index (χ0v) is 11.6. The molecule has 0 aromatic carbocycles. The Morgan fingerprint density at radius 2 is 2.40 bits per heavy atom. The standard InChI is InChI=1S/C15H17N3O2/c1-3-12-13(9(2)18-20-12)17-15(19)11-7-6-10-5-4-8-16-14(10)11/h4-5,8,11H,3,6-7H2,1-2H3,(H,17,19). The molecule has 0 fully saturated rings. The van der Waals surface area contributed by atoms with Crippen LogP contribution in [0.1, 0.15) is 42.0 Å². The molecule has 20 heavy (non-hydrogen) atoms. The van der Waals surface area contributed by atoms with Crippen LogP contribution in [-0.4, -0.2) is 16.0 Å². The van der Waals surface area contributed by atoms with E-state index in [-0.39, 0.29) is 11.8 Å². The lowest BCUT2D eigenvalue weighted by atomic mass is 10.1. The Hall–Kier alpha value is -2.17. The van der Waals surface area contributed by atoms with Crippen molar-refractivity contribution in [1.82, 2.24) is 10.1 Å². The summed E-state index contributed by atoms with van der Waals surface area (Å²) in [5, 5.41) is 6.86. The quantitative estimate of drug-likeness (QED) is 0.931. The highest BCUT2D eigenvalue weighted by molar-refractivity contribution is 5.97. The molecule has 0 radical (unpaired) electrons. The molecule has 104 valence electrons. The normalized spacial score (nSPS) is 17.0. The van der Waals surface area contributed by atoms with Crippen LogP contribution in [0.4, 0.5) is 5.69 Å². The highest BCUT2D eigenvalue weighted by atomic mass is 16.5. The second-order valence-electron chi connectivity index (χ2n) is 5.05. The summed E-state index contributed by atoms with van der Waals surface area (Å²) in [7, 11) is 0. The van der Waals surface area contributed by atoms with E-state index in [0.29, 0.717) is 12.1 Å². The summed E-state index contributed by atoms with van der Waals surface area (Å²) in [6.07, 6.45) is 4.16. The van der Waals surface area contributed by atoms with E-state index in [2.05, 4.69) is 15.5 Å². The smallest absolute Gasteiger partial charge is 0.233 e. The van der Waals surface area contributed by atoms with Gasteiger partial charge in [0.2, 0.25) is 5.91 Å². The van der Waals surface area contributed by atoms with Crippen molar-refractivity contribution in [3.63, 3.8) is 0 Å². The molecule has 0 saturated heterocycles. The third kappa shape index (κ3) is 2.09. The summed E-state index contributed by atoms with van der Waals surface area (Å²) in [6, 6.07) is 3.95. The number of carbonyl (C=O) groups is 1. The predicted octanol–water partition coefficient (Wildman–Crippen LogP) is 2.61. The van der Waals surface area contributed by atoms with Crippen LogP contribution < -0.4 is 5.32 Å². The van der Waals surface area contributed by atoms with Crippen molar-refractivity contribution in [2.24, 2.45) is 0 Å². The average molecular weight is 271 g/mol. The molecule has 1 unspecified atom stereocenters. The van der Waals surface area contributed by atoms with E-state index in [9.17, 15) is 4.79 Å². The van der Waals surface area contributed by atoms with Crippen LogP contribution in [-0.2, 0) is 17.6 Å². The maximum Gasteiger partial charge on any atom is 0.233 e. The Bertz CT molecular complexity index is 648. The number of fused-ring (bicyclic) bond motifs is 1. The number of nitrogens with one attached hydrogen (secondary N) is 1. The minimum Gasteiger partial charge on any atom is -0.359 e. The molecule has 1 aliphatic carbocycles. The molecule has 2 aromatic heterocycles. The van der Waals surface area contributed by atoms with Gasteiger partial charge in [0.15, 0.2) is 5.76 Å². The minimum absolute atomic E-state index is 0.0246. The Kier molecular flexibility index (Phi) is 3.26. The topological polar surface area (TPSA) is 68.0 Å². The molecule has 1 amide bonds. The van der Waals surface area contributed by atoms with E-state index < -0.39 is 0 Å². The maximum absolute atomic E-state index is 12.5. The molecular formula is C15H17N3O2. The van der Waals surface area contributed by atoms with E-state index in [0.717, 1.165) is 30.0 Å². The minimum atomic E-state index is -0.176. The summed E-state index contributed by atoms with van der Waals surface area (Å²) in [5.41, 5.74) is 3.50. The van der Waals surface area contributed by atoms with Crippen LogP contribution in [0.2, 0.25) is 0 Å². The van der Waals surface area contributed by atoms with Gasteiger partial charge in [0.25, 0.3) is 0 Å². The van der Waals surface area contributed by atoms with E-state index in [1.807, 2.05) is 26.0 Å². The zero-order chi connectivity index (χ0) is 14.1. The number of rotatable bonds is 3. The van der Waals surface area contributed by atoms with Crippen molar-refractivity contribution in [3.05, 3.63) is 41.0 Å². The van der Waals surface area contributed by atoms with Crippen molar-refractivity contribution in [2.75, 3.05) is 5.32 Å². The van der Waals surface area contributed by atoms with Crippen LogP contribution >= 0.6 is 0 Å². The molecule has 5 heteroatoms. The van der Waals surface area contributed by atoms with E-state index in [1.54, 1.807) is 6.20 Å². The monoisotopic (exact) mass is 271 g/mol. The molecular weight excluding hydrogens is 254 g/mol. The molecule has 0 aliphatic heterocycles. The van der Waals surface area contributed by atoms with Gasteiger partial charge in [-0.2, -0.15) is 0 Å². The molecule has 0 saturated carbocycles. The van der Waals surface area contributed by atoms with E-state index >= 15 is 0 Å². The lowest BCUT2D eigenvalue weighted by Gasteiger charge is -2.11. The molecule has 5 nitrogen and oxygen atoms in total. The number of aromatic nitrogens is 2. The number of pyridine rings is 1. The highest BCUT2D eigenvalue weighted by Gasteiger charge is 2.30. The van der Waals surface area contributed by atoms with E-state index in [4.69, 9.17) is 4.52 Å². The van der Waals surface area contributed by atoms with Gasteiger partial charge in [0.1, 0.15) is 11.4 Å². The fraction of sp³-hybridized carbons (Fsp3) is 0.400. The number of anilines is 1. The fourth-order valence-corrected chi connectivity index (χ4v) is 2.70. The first-order chi connectivity index (χ1) is 9.70. The van der Waals surface area contributed by atoms with Crippen LogP contribution in [0.25, 0.3) is 0 Å². The van der Waals surface area contributed by atoms with Gasteiger partial charge in [-0.05, 0) is 31.4 Å². The first-order valence-corrected chi connectivity index (χ1v) is 6.90. The fourth-order valence-electron chi connectivity index (χ4n) is 2.70. The van der Waals surface area contributed by atoms with Crippen LogP contribution in [0.3, 0.4) is 0 Å². The molecule has 1 atom stereocenters. The van der Waals surface area contributed by atoms with Crippen LogP contribution in [0.5, 0.6) is 0 Å². The Labute approximate surface area is 117 Å². The van der Waals surface area contributed by atoms with Crippen molar-refractivity contribution >= 4 is 11.6 Å². The summed E-state index contributed by atoms with van der Waals surface area (Å²) >= 11 is 0. The van der Waals surface area contributed by atoms with Gasteiger partial charge in [-0.15, -0.1) is 0 Å². The maximum atomic E-state index is 12.5. The first kappa shape index (κ1) is 12.8. The number of hydrogen-bond donors (Lipinski definition) is 1. The Morgan fingerprint density at radius 1 is 1.55 bits per heavy atom. The summed E-state index contributed by atoms with van der Waals surface area (Å²) in [6.45, 7) is 3.81. The van der Waals surface area contributed by atoms with E-state index in [1.165, 1.54) is 5.56 Å². The molecule has 1 N–H and O–H groups in total. The lowest BCUT2D eigenvalue weighted by molar-refractivity contribution is -0.117. The van der Waals surface area contributed by atoms with Crippen LogP contribution in [0, 0.1) is 6.92 Å². The zero-order valence-electron chi connectivity index (χ0n) is 11.6. The van der Waals surface area contributed by atoms with Gasteiger partial charge >= 0.3 is 0 Å². The second kappa shape index (κ2) is 5.07. The number of amides is 1. The molecule has 2 aromatic rings. The number of hydrogen-bond acceptors (Lipinski definition) is 4. The average Bonchev–Trinajstić information content (AvgIpc) is 3.03. The van der Waals surface area contributed by atoms with Crippen molar-refractivity contribution in [3.8, 4) is 0 Å². The molecule has 0 bridgehead atoms. The van der Waals surface area contributed by atoms with Crippen molar-refractivity contribution in [2.45, 2.75) is 39.0 Å². The number of aryl methyl sites for hydroxylation is 3. The third-order valence-corrected chi connectivity index (χ3v) is 3.78. The Balaban J connectivity index is 1.83. The SMILES string of the molecule is CCc1onc(C)c1NC(=O)C1CCc2cccnc21. The van der Waals surface area contributed by atoms with Gasteiger partial charge in [-0.1, -0.05) is 18.1 Å². The number of nitrogens with zero attached hydrogens (tertiary/aromatic N) is 2. The van der Waals surface area contributed by atoms with Crippen molar-refractivity contribution < 1.29 is 9.32 Å². The van der Waals surface area contributed by atoms with Crippen molar-refractivity contribution in [1.29, 1.82) is 0 Å². The summed E-state index contributed by atoms with van der Waals surface area (Å²) < 4.78 is 5.20. The predicted molar refractivity (Wildman–Crippen MR) is 74.5 cm³/mol. The van der Waals surface area contributed by atoms with Crippen LogP contribution in [0.15, 0.2) is 22.9 Å². The molecule has 2 heterocycles. The van der Waals surface area contributed by atoms with Gasteiger partial charge in [-0.25, -0.2) is 0 Å². The van der Waals surface area contributed by atoms with Gasteiger partial charge in [0, 0.05) is 12.6 Å². The molecule has 1 aliphatic rings. The van der Waals surface area contributed by atoms with Gasteiger partial charge in [0.05, 0.1) is 11.6 Å². The largest absolute Gasteiger partial charge is 0.359 e. The number of carbonyl (C=O) groups excluding carboxylic acids is 1.